The Labute approximate surface area is 213 Å². The molecule has 0 saturated heterocycles. The van der Waals surface area contributed by atoms with Gasteiger partial charge in [-0.15, -0.1) is 0 Å². The van der Waals surface area contributed by atoms with Gasteiger partial charge in [-0.25, -0.2) is 9.79 Å². The Morgan fingerprint density at radius 2 is 1.94 bits per heavy atom. The van der Waals surface area contributed by atoms with Gasteiger partial charge in [0.05, 0.1) is 35.3 Å². The Kier molecular flexibility index (Phi) is 7.54. The maximum Gasteiger partial charge on any atom is 0.338 e. The van der Waals surface area contributed by atoms with E-state index in [2.05, 4.69) is 4.99 Å². The summed E-state index contributed by atoms with van der Waals surface area (Å²) in [6.45, 7) is 4.07. The van der Waals surface area contributed by atoms with Gasteiger partial charge in [-0.05, 0) is 30.4 Å². The minimum absolute atomic E-state index is 0.0793. The van der Waals surface area contributed by atoms with Crippen molar-refractivity contribution in [3.05, 3.63) is 98.2 Å². The first-order valence-corrected chi connectivity index (χ1v) is 12.3. The number of fused-ring (bicyclic) bond motifs is 1. The van der Waals surface area contributed by atoms with Gasteiger partial charge in [0.1, 0.15) is 0 Å². The minimum Gasteiger partial charge on any atom is -0.463 e. The average Bonchev–Trinajstić information content (AvgIpc) is 3.25. The van der Waals surface area contributed by atoms with Crippen LogP contribution in [0.2, 0.25) is 0 Å². The molecule has 1 unspecified atom stereocenters. The van der Waals surface area contributed by atoms with E-state index in [1.165, 1.54) is 23.9 Å². The number of aliphatic imine (C=N–C) groups is 1. The Morgan fingerprint density at radius 1 is 1.19 bits per heavy atom. The highest BCUT2D eigenvalue weighted by atomic mass is 32.2. The number of hydrogen-bond acceptors (Lipinski definition) is 8. The Morgan fingerprint density at radius 3 is 2.64 bits per heavy atom. The van der Waals surface area contributed by atoms with Crippen LogP contribution in [0.15, 0.2) is 82.0 Å². The molecule has 0 aromatic heterocycles. The molecule has 4 rings (SSSR count). The van der Waals surface area contributed by atoms with E-state index >= 15 is 0 Å². The van der Waals surface area contributed by atoms with Gasteiger partial charge in [-0.3, -0.25) is 14.9 Å². The molecule has 0 saturated carbocycles. The van der Waals surface area contributed by atoms with E-state index in [-0.39, 0.29) is 24.6 Å². The molecule has 2 heterocycles. The third-order valence-corrected chi connectivity index (χ3v) is 6.80. The van der Waals surface area contributed by atoms with Gasteiger partial charge in [-0.2, -0.15) is 0 Å². The standard InChI is InChI=1S/C26H26N4O5S/c1-4-35-25(32)23-17(2)27-26-29(24(23)19-11-8-12-20(13-19)30(33)34)21(16-36-26)14-22(31)28(3)15-18-9-6-5-7-10-18/h5-13,16,24H,4,14-15H2,1-3H3. The summed E-state index contributed by atoms with van der Waals surface area (Å²) in [5.74, 6) is -0.646. The lowest BCUT2D eigenvalue weighted by atomic mass is 9.93. The van der Waals surface area contributed by atoms with Gasteiger partial charge in [0.15, 0.2) is 5.17 Å². The molecule has 9 nitrogen and oxygen atoms in total. The van der Waals surface area contributed by atoms with Crippen molar-refractivity contribution in [3.8, 4) is 0 Å². The number of hydrogen-bond donors (Lipinski definition) is 0. The lowest BCUT2D eigenvalue weighted by molar-refractivity contribution is -0.384. The first kappa shape index (κ1) is 25.2. The summed E-state index contributed by atoms with van der Waals surface area (Å²) >= 11 is 1.35. The predicted octanol–water partition coefficient (Wildman–Crippen LogP) is 4.78. The zero-order valence-electron chi connectivity index (χ0n) is 20.2. The summed E-state index contributed by atoms with van der Waals surface area (Å²) in [5, 5.41) is 13.9. The molecule has 1 atom stereocenters. The number of amides is 1. The van der Waals surface area contributed by atoms with E-state index in [9.17, 15) is 19.7 Å². The number of amidine groups is 1. The number of nitro groups is 1. The fourth-order valence-electron chi connectivity index (χ4n) is 4.20. The summed E-state index contributed by atoms with van der Waals surface area (Å²) in [7, 11) is 1.75. The molecule has 0 radical (unpaired) electrons. The van der Waals surface area contributed by atoms with Gasteiger partial charge in [0, 0.05) is 31.4 Å². The Hall–Kier alpha value is -3.92. The molecule has 0 N–H and O–H groups in total. The van der Waals surface area contributed by atoms with Crippen molar-refractivity contribution in [1.82, 2.24) is 9.80 Å². The highest BCUT2D eigenvalue weighted by Gasteiger charge is 2.41. The van der Waals surface area contributed by atoms with Gasteiger partial charge < -0.3 is 14.5 Å². The SMILES string of the molecule is CCOC(=O)C1=C(C)N=C2SC=C(CC(=O)N(C)Cc3ccccc3)N2C1c1cccc([N+](=O)[O-])c1. The maximum atomic E-state index is 13.2. The number of non-ortho nitro benzene ring substituents is 1. The molecule has 0 spiro atoms. The van der Waals surface area contributed by atoms with E-state index in [4.69, 9.17) is 4.74 Å². The third kappa shape index (κ3) is 5.18. The first-order chi connectivity index (χ1) is 17.3. The topological polar surface area (TPSA) is 105 Å². The number of carbonyl (C=O) groups is 2. The van der Waals surface area contributed by atoms with Crippen LogP contribution in [0.4, 0.5) is 5.69 Å². The smallest absolute Gasteiger partial charge is 0.338 e. The van der Waals surface area contributed by atoms with Crippen LogP contribution in [-0.2, 0) is 20.9 Å². The molecule has 0 aliphatic carbocycles. The normalized spacial score (nSPS) is 16.8. The number of esters is 1. The van der Waals surface area contributed by atoms with Crippen molar-refractivity contribution in [2.45, 2.75) is 32.9 Å². The molecule has 2 aromatic carbocycles. The summed E-state index contributed by atoms with van der Waals surface area (Å²) in [4.78, 5) is 45.3. The van der Waals surface area contributed by atoms with Crippen LogP contribution in [-0.4, -0.2) is 45.4 Å². The van der Waals surface area contributed by atoms with Crippen LogP contribution in [0.5, 0.6) is 0 Å². The van der Waals surface area contributed by atoms with Crippen molar-refractivity contribution < 1.29 is 19.2 Å². The molecule has 36 heavy (non-hydrogen) atoms. The summed E-state index contributed by atoms with van der Waals surface area (Å²) in [6.07, 6.45) is 0.0793. The summed E-state index contributed by atoms with van der Waals surface area (Å²) < 4.78 is 5.32. The van der Waals surface area contributed by atoms with Crippen LogP contribution < -0.4 is 0 Å². The number of benzene rings is 2. The van der Waals surface area contributed by atoms with Crippen LogP contribution in [0.25, 0.3) is 0 Å². The molecule has 0 fully saturated rings. The molecular formula is C26H26N4O5S. The van der Waals surface area contributed by atoms with E-state index in [0.29, 0.717) is 34.2 Å². The van der Waals surface area contributed by atoms with Crippen LogP contribution in [0, 0.1) is 10.1 Å². The van der Waals surface area contributed by atoms with Gasteiger partial charge in [0.25, 0.3) is 5.69 Å². The van der Waals surface area contributed by atoms with E-state index < -0.39 is 16.9 Å². The largest absolute Gasteiger partial charge is 0.463 e. The predicted molar refractivity (Wildman–Crippen MR) is 138 cm³/mol. The zero-order valence-corrected chi connectivity index (χ0v) is 21.0. The van der Waals surface area contributed by atoms with Crippen molar-refractivity contribution >= 4 is 34.5 Å². The van der Waals surface area contributed by atoms with E-state index in [1.54, 1.807) is 37.9 Å². The van der Waals surface area contributed by atoms with E-state index in [0.717, 1.165) is 5.56 Å². The average molecular weight is 507 g/mol. The van der Waals surface area contributed by atoms with Crippen molar-refractivity contribution in [2.75, 3.05) is 13.7 Å². The highest BCUT2D eigenvalue weighted by molar-refractivity contribution is 8.16. The lowest BCUT2D eigenvalue weighted by Crippen LogP contribution is -2.38. The number of carbonyl (C=O) groups excluding carboxylic acids is 2. The van der Waals surface area contributed by atoms with Crippen molar-refractivity contribution in [1.29, 1.82) is 0 Å². The highest BCUT2D eigenvalue weighted by Crippen LogP contribution is 2.45. The Balaban J connectivity index is 1.67. The molecular weight excluding hydrogens is 480 g/mol. The first-order valence-electron chi connectivity index (χ1n) is 11.4. The molecule has 1 amide bonds. The molecule has 2 aliphatic rings. The molecule has 0 bridgehead atoms. The zero-order chi connectivity index (χ0) is 25.8. The monoisotopic (exact) mass is 506 g/mol. The number of thioether (sulfide) groups is 1. The number of ether oxygens (including phenoxy) is 1. The van der Waals surface area contributed by atoms with Gasteiger partial charge in [-0.1, -0.05) is 54.2 Å². The fraction of sp³-hybridized carbons (Fsp3) is 0.269. The second kappa shape index (κ2) is 10.8. The van der Waals surface area contributed by atoms with E-state index in [1.807, 2.05) is 40.6 Å². The maximum absolute atomic E-state index is 13.2. The number of nitrogens with zero attached hydrogens (tertiary/aromatic N) is 4. The number of nitro benzene ring substituents is 1. The lowest BCUT2D eigenvalue weighted by Gasteiger charge is -2.36. The van der Waals surface area contributed by atoms with Crippen LogP contribution in [0.3, 0.4) is 0 Å². The number of rotatable bonds is 8. The molecule has 2 aromatic rings. The van der Waals surface area contributed by atoms with Crippen LogP contribution in [0.1, 0.15) is 37.4 Å². The van der Waals surface area contributed by atoms with Gasteiger partial charge >= 0.3 is 5.97 Å². The second-order valence-electron chi connectivity index (χ2n) is 8.38. The third-order valence-electron chi connectivity index (χ3n) is 5.91. The second-order valence-corrected chi connectivity index (χ2v) is 9.21. The van der Waals surface area contributed by atoms with Crippen molar-refractivity contribution in [3.63, 3.8) is 0 Å². The minimum atomic E-state index is -0.718. The number of allylic oxidation sites excluding steroid dienone is 1. The van der Waals surface area contributed by atoms with Gasteiger partial charge in [0.2, 0.25) is 5.91 Å². The summed E-state index contributed by atoms with van der Waals surface area (Å²) in [5.41, 5.74) is 2.90. The van der Waals surface area contributed by atoms with Crippen LogP contribution >= 0.6 is 11.8 Å². The summed E-state index contributed by atoms with van der Waals surface area (Å²) in [6, 6.07) is 15.1. The fourth-order valence-corrected chi connectivity index (χ4v) is 5.16. The Bertz CT molecular complexity index is 1290. The van der Waals surface area contributed by atoms with Crippen molar-refractivity contribution in [2.24, 2.45) is 4.99 Å². The molecule has 10 heteroatoms. The quantitative estimate of drug-likeness (QED) is 0.288. The molecule has 2 aliphatic heterocycles. The molecule has 186 valence electrons.